The predicted octanol–water partition coefficient (Wildman–Crippen LogP) is 0.731. The molecule has 0 fully saturated rings. The molecule has 0 saturated heterocycles. The molecule has 1 unspecified atom stereocenters. The number of hydrogen-bond acceptors (Lipinski definition) is 1. The van der Waals surface area contributed by atoms with Crippen molar-refractivity contribution in [2.24, 2.45) is 0 Å². The van der Waals surface area contributed by atoms with Gasteiger partial charge in [0.2, 0.25) is 5.71 Å². The minimum absolute atomic E-state index is 0. The van der Waals surface area contributed by atoms with Gasteiger partial charge in [-0.1, -0.05) is 42.5 Å². The second-order valence-electron chi connectivity index (χ2n) is 5.94. The Morgan fingerprint density at radius 1 is 0.955 bits per heavy atom. The van der Waals surface area contributed by atoms with Crippen molar-refractivity contribution in [1.82, 2.24) is 5.01 Å². The first-order valence-corrected chi connectivity index (χ1v) is 7.53. The standard InChI is InChI=1S/C19H23N2.HI/c1-14-9-5-7-11-16(14)18-13-19(21(4)20(18)3)17-12-8-6-10-15(17)2;/h5-12,18H,13H2,1-4H3;1H/q+1;/p-1. The molecule has 3 rings (SSSR count). The maximum Gasteiger partial charge on any atom is 0.215 e. The summed E-state index contributed by atoms with van der Waals surface area (Å²) in [6, 6.07) is 17.8. The van der Waals surface area contributed by atoms with Gasteiger partial charge in [-0.25, -0.2) is 0 Å². The van der Waals surface area contributed by atoms with Gasteiger partial charge in [0.25, 0.3) is 0 Å². The molecular formula is C19H23IN2. The van der Waals surface area contributed by atoms with Gasteiger partial charge >= 0.3 is 0 Å². The Balaban J connectivity index is 0.00000176. The summed E-state index contributed by atoms with van der Waals surface area (Å²) in [5.74, 6) is 0. The number of hydrazine groups is 1. The van der Waals surface area contributed by atoms with Crippen LogP contribution in [0.1, 0.15) is 34.7 Å². The van der Waals surface area contributed by atoms with Crippen LogP contribution >= 0.6 is 0 Å². The van der Waals surface area contributed by atoms with Crippen LogP contribution in [0.2, 0.25) is 0 Å². The largest absolute Gasteiger partial charge is 1.00 e. The molecule has 0 radical (unpaired) electrons. The van der Waals surface area contributed by atoms with Gasteiger partial charge in [0.05, 0.1) is 13.5 Å². The molecule has 1 aliphatic rings. The van der Waals surface area contributed by atoms with E-state index in [0.717, 1.165) is 6.42 Å². The molecular weight excluding hydrogens is 383 g/mol. The molecule has 0 aliphatic carbocycles. The molecule has 22 heavy (non-hydrogen) atoms. The highest BCUT2D eigenvalue weighted by molar-refractivity contribution is 5.99. The van der Waals surface area contributed by atoms with Crippen LogP contribution in [0.5, 0.6) is 0 Å². The molecule has 0 spiro atoms. The highest BCUT2D eigenvalue weighted by Gasteiger charge is 2.37. The van der Waals surface area contributed by atoms with E-state index in [1.54, 1.807) is 0 Å². The Labute approximate surface area is 150 Å². The van der Waals surface area contributed by atoms with Crippen molar-refractivity contribution in [3.8, 4) is 0 Å². The molecule has 2 aromatic carbocycles. The summed E-state index contributed by atoms with van der Waals surface area (Å²) in [4.78, 5) is 0. The zero-order valence-corrected chi connectivity index (χ0v) is 15.8. The number of nitrogens with zero attached hydrogens (tertiary/aromatic N) is 2. The van der Waals surface area contributed by atoms with Gasteiger partial charge in [0.1, 0.15) is 6.04 Å². The minimum Gasteiger partial charge on any atom is -1.00 e. The average Bonchev–Trinajstić information content (AvgIpc) is 2.77. The monoisotopic (exact) mass is 406 g/mol. The first-order chi connectivity index (χ1) is 10.1. The van der Waals surface area contributed by atoms with E-state index in [1.165, 1.54) is 28.0 Å². The summed E-state index contributed by atoms with van der Waals surface area (Å²) >= 11 is 0. The van der Waals surface area contributed by atoms with E-state index in [4.69, 9.17) is 0 Å². The molecule has 0 saturated carbocycles. The van der Waals surface area contributed by atoms with Gasteiger partial charge in [0, 0.05) is 5.56 Å². The summed E-state index contributed by atoms with van der Waals surface area (Å²) in [7, 11) is 4.35. The van der Waals surface area contributed by atoms with Crippen LogP contribution in [0.3, 0.4) is 0 Å². The number of hydrazone groups is 1. The fraction of sp³-hybridized carbons (Fsp3) is 0.316. The first-order valence-electron chi connectivity index (χ1n) is 7.53. The molecule has 2 nitrogen and oxygen atoms in total. The smallest absolute Gasteiger partial charge is 0.215 e. The molecule has 1 aliphatic heterocycles. The summed E-state index contributed by atoms with van der Waals surface area (Å²) in [6.07, 6.45) is 1.06. The minimum atomic E-state index is 0. The summed E-state index contributed by atoms with van der Waals surface area (Å²) in [5, 5.41) is 2.35. The van der Waals surface area contributed by atoms with E-state index in [2.05, 4.69) is 86.2 Å². The predicted molar refractivity (Wildman–Crippen MR) is 87.8 cm³/mol. The van der Waals surface area contributed by atoms with Crippen LogP contribution < -0.4 is 24.0 Å². The molecule has 3 heteroatoms. The second kappa shape index (κ2) is 6.82. The highest BCUT2D eigenvalue weighted by atomic mass is 127. The molecule has 1 atom stereocenters. The van der Waals surface area contributed by atoms with Gasteiger partial charge in [-0.2, -0.15) is 5.01 Å². The lowest BCUT2D eigenvalue weighted by Gasteiger charge is -2.19. The average molecular weight is 406 g/mol. The zero-order chi connectivity index (χ0) is 15.0. The third kappa shape index (κ3) is 2.91. The van der Waals surface area contributed by atoms with Gasteiger partial charge < -0.3 is 24.0 Å². The highest BCUT2D eigenvalue weighted by Crippen LogP contribution is 2.32. The SMILES string of the molecule is Cc1ccccc1C1=[N+](C)N(C)C(c2ccccc2C)C1.[I-]. The van der Waals surface area contributed by atoms with Gasteiger partial charge in [-0.05, 0) is 36.6 Å². The van der Waals surface area contributed by atoms with Gasteiger partial charge in [-0.3, -0.25) is 0 Å². The molecule has 0 N–H and O–H groups in total. The third-order valence-electron chi connectivity index (χ3n) is 4.71. The van der Waals surface area contributed by atoms with Crippen LogP contribution in [-0.2, 0) is 0 Å². The quantitative estimate of drug-likeness (QED) is 0.527. The summed E-state index contributed by atoms with van der Waals surface area (Å²) in [6.45, 7) is 4.40. The van der Waals surface area contributed by atoms with E-state index < -0.39 is 0 Å². The molecule has 116 valence electrons. The molecule has 0 aromatic heterocycles. The number of hydrogen-bond donors (Lipinski definition) is 0. The lowest BCUT2D eigenvalue weighted by molar-refractivity contribution is -0.660. The van der Waals surface area contributed by atoms with E-state index in [9.17, 15) is 0 Å². The van der Waals surface area contributed by atoms with Crippen molar-refractivity contribution in [3.63, 3.8) is 0 Å². The second-order valence-corrected chi connectivity index (χ2v) is 5.94. The molecule has 1 heterocycles. The molecule has 0 bridgehead atoms. The van der Waals surface area contributed by atoms with E-state index in [1.807, 2.05) is 0 Å². The normalized spacial score (nSPS) is 17.6. The van der Waals surface area contributed by atoms with Crippen LogP contribution in [0, 0.1) is 13.8 Å². The van der Waals surface area contributed by atoms with Crippen LogP contribution in [0.15, 0.2) is 48.5 Å². The summed E-state index contributed by atoms with van der Waals surface area (Å²) in [5.41, 5.74) is 6.91. The lowest BCUT2D eigenvalue weighted by atomic mass is 9.94. The van der Waals surface area contributed by atoms with Crippen LogP contribution in [-0.4, -0.2) is 29.5 Å². The number of benzene rings is 2. The Morgan fingerprint density at radius 3 is 2.18 bits per heavy atom. The molecule has 0 amide bonds. The zero-order valence-electron chi connectivity index (χ0n) is 13.7. The maximum atomic E-state index is 2.35. The van der Waals surface area contributed by atoms with Gasteiger partial charge in [0.15, 0.2) is 7.05 Å². The maximum absolute atomic E-state index is 2.35. The van der Waals surface area contributed by atoms with E-state index >= 15 is 0 Å². The number of aryl methyl sites for hydroxylation is 2. The van der Waals surface area contributed by atoms with Crippen molar-refractivity contribution in [1.29, 1.82) is 0 Å². The Kier molecular flexibility index (Phi) is 5.27. The Morgan fingerprint density at radius 2 is 1.55 bits per heavy atom. The lowest BCUT2D eigenvalue weighted by Crippen LogP contribution is -3.00. The van der Waals surface area contributed by atoms with Crippen LogP contribution in [0.4, 0.5) is 0 Å². The third-order valence-corrected chi connectivity index (χ3v) is 4.71. The van der Waals surface area contributed by atoms with Crippen molar-refractivity contribution >= 4 is 5.71 Å². The fourth-order valence-electron chi connectivity index (χ4n) is 3.30. The van der Waals surface area contributed by atoms with Crippen molar-refractivity contribution in [3.05, 3.63) is 70.8 Å². The Hall–Kier alpha value is -1.36. The van der Waals surface area contributed by atoms with Crippen molar-refractivity contribution in [2.75, 3.05) is 14.1 Å². The first kappa shape index (κ1) is 17.0. The Bertz CT molecular complexity index is 706. The van der Waals surface area contributed by atoms with Crippen molar-refractivity contribution < 1.29 is 28.7 Å². The van der Waals surface area contributed by atoms with Crippen LogP contribution in [0.25, 0.3) is 0 Å². The van der Waals surface area contributed by atoms with Gasteiger partial charge in [-0.15, -0.1) is 4.68 Å². The number of halogens is 1. The van der Waals surface area contributed by atoms with Crippen molar-refractivity contribution in [2.45, 2.75) is 26.3 Å². The topological polar surface area (TPSA) is 6.25 Å². The summed E-state index contributed by atoms with van der Waals surface area (Å²) < 4.78 is 2.30. The fourth-order valence-corrected chi connectivity index (χ4v) is 3.30. The van der Waals surface area contributed by atoms with E-state index in [-0.39, 0.29) is 24.0 Å². The number of rotatable bonds is 2. The van der Waals surface area contributed by atoms with E-state index in [0.29, 0.717) is 6.04 Å². The molecule has 2 aromatic rings.